The summed E-state index contributed by atoms with van der Waals surface area (Å²) in [4.78, 5) is 11.8. The number of carbonyl (C=O) groups excluding carboxylic acids is 1. The third kappa shape index (κ3) is 2.34. The molecule has 0 fully saturated rings. The maximum absolute atomic E-state index is 11.8. The van der Waals surface area contributed by atoms with E-state index in [0.717, 1.165) is 5.01 Å². The lowest BCUT2D eigenvalue weighted by Crippen LogP contribution is -2.12. The van der Waals surface area contributed by atoms with Crippen LogP contribution < -0.4 is 11.1 Å². The molecule has 0 saturated carbocycles. The highest BCUT2D eigenvalue weighted by Gasteiger charge is 2.14. The van der Waals surface area contributed by atoms with Gasteiger partial charge in [-0.15, -0.1) is 10.2 Å². The van der Waals surface area contributed by atoms with E-state index in [1.165, 1.54) is 23.5 Å². The molecular weight excluding hydrogens is 240 g/mol. The van der Waals surface area contributed by atoms with Gasteiger partial charge in [-0.2, -0.15) is 0 Å². The van der Waals surface area contributed by atoms with E-state index in [9.17, 15) is 9.90 Å². The topological polar surface area (TPSA) is 101 Å². The Bertz CT molecular complexity index is 567. The van der Waals surface area contributed by atoms with Crippen LogP contribution in [0.1, 0.15) is 15.4 Å². The number of para-hydroxylation sites is 1. The van der Waals surface area contributed by atoms with Gasteiger partial charge in [0.05, 0.1) is 11.3 Å². The van der Waals surface area contributed by atoms with E-state index >= 15 is 0 Å². The number of aryl methyl sites for hydroxylation is 1. The molecule has 0 atom stereocenters. The van der Waals surface area contributed by atoms with E-state index < -0.39 is 5.91 Å². The Morgan fingerprint density at radius 1 is 1.47 bits per heavy atom. The van der Waals surface area contributed by atoms with Crippen LogP contribution in [-0.2, 0) is 0 Å². The Kier molecular flexibility index (Phi) is 2.92. The average Bonchev–Trinajstić information content (AvgIpc) is 2.68. The molecule has 1 aromatic heterocycles. The molecule has 4 N–H and O–H groups in total. The summed E-state index contributed by atoms with van der Waals surface area (Å²) in [7, 11) is 0. The van der Waals surface area contributed by atoms with Crippen molar-refractivity contribution in [3.63, 3.8) is 0 Å². The molecule has 0 saturated heterocycles. The molecule has 17 heavy (non-hydrogen) atoms. The van der Waals surface area contributed by atoms with Crippen molar-refractivity contribution in [3.8, 4) is 5.75 Å². The highest BCUT2D eigenvalue weighted by atomic mass is 32.1. The number of aromatic hydroxyl groups is 1. The molecule has 2 rings (SSSR count). The smallest absolute Gasteiger partial charge is 0.261 e. The van der Waals surface area contributed by atoms with Crippen LogP contribution in [0.2, 0.25) is 0 Å². The first-order valence-corrected chi connectivity index (χ1v) is 5.58. The van der Waals surface area contributed by atoms with E-state index in [1.54, 1.807) is 13.0 Å². The Morgan fingerprint density at radius 3 is 2.88 bits per heavy atom. The number of nitrogens with zero attached hydrogens (tertiary/aromatic N) is 2. The number of rotatable bonds is 2. The Labute approximate surface area is 101 Å². The summed E-state index contributed by atoms with van der Waals surface area (Å²) in [5, 5.41) is 20.8. The maximum atomic E-state index is 11.8. The fourth-order valence-electron chi connectivity index (χ4n) is 1.26. The first-order valence-electron chi connectivity index (χ1n) is 4.77. The summed E-state index contributed by atoms with van der Waals surface area (Å²) in [5.41, 5.74) is 5.77. The zero-order valence-electron chi connectivity index (χ0n) is 8.97. The number of phenolic OH excluding ortho intramolecular Hbond substituents is 1. The lowest BCUT2D eigenvalue weighted by molar-refractivity contribution is 0.102. The summed E-state index contributed by atoms with van der Waals surface area (Å²) >= 11 is 1.25. The Balaban J connectivity index is 2.23. The van der Waals surface area contributed by atoms with Crippen LogP contribution >= 0.6 is 11.3 Å². The summed E-state index contributed by atoms with van der Waals surface area (Å²) in [6, 6.07) is 4.59. The van der Waals surface area contributed by atoms with E-state index in [1.807, 2.05) is 0 Å². The quantitative estimate of drug-likeness (QED) is 0.552. The number of nitrogen functional groups attached to an aromatic ring is 1. The number of hydrogen-bond donors (Lipinski definition) is 3. The molecule has 6 nitrogen and oxygen atoms in total. The lowest BCUT2D eigenvalue weighted by Gasteiger charge is -2.05. The van der Waals surface area contributed by atoms with Crippen LogP contribution in [0.15, 0.2) is 18.2 Å². The van der Waals surface area contributed by atoms with Crippen LogP contribution in [-0.4, -0.2) is 21.2 Å². The van der Waals surface area contributed by atoms with Crippen LogP contribution in [0, 0.1) is 6.92 Å². The van der Waals surface area contributed by atoms with Crippen LogP contribution in [0.3, 0.4) is 0 Å². The molecule has 0 aliphatic rings. The fraction of sp³-hybridized carbons (Fsp3) is 0.100. The average molecular weight is 250 g/mol. The molecule has 0 unspecified atom stereocenters. The second-order valence-electron chi connectivity index (χ2n) is 3.32. The van der Waals surface area contributed by atoms with Crippen molar-refractivity contribution in [2.75, 3.05) is 11.1 Å². The summed E-state index contributed by atoms with van der Waals surface area (Å²) in [6.07, 6.45) is 0. The molecule has 7 heteroatoms. The number of amides is 1. The van der Waals surface area contributed by atoms with Crippen molar-refractivity contribution < 1.29 is 9.90 Å². The van der Waals surface area contributed by atoms with Gasteiger partial charge in [0.1, 0.15) is 5.01 Å². The first kappa shape index (κ1) is 11.3. The molecule has 0 aliphatic carbocycles. The summed E-state index contributed by atoms with van der Waals surface area (Å²) in [6.45, 7) is 1.78. The number of nitrogens with two attached hydrogens (primary N) is 1. The molecular formula is C10H10N4O2S. The van der Waals surface area contributed by atoms with Gasteiger partial charge in [0.25, 0.3) is 5.91 Å². The van der Waals surface area contributed by atoms with E-state index in [-0.39, 0.29) is 17.0 Å². The molecule has 0 radical (unpaired) electrons. The van der Waals surface area contributed by atoms with Gasteiger partial charge in [0, 0.05) is 0 Å². The van der Waals surface area contributed by atoms with Gasteiger partial charge >= 0.3 is 0 Å². The molecule has 0 spiro atoms. The number of aromatic nitrogens is 2. The third-order valence-electron chi connectivity index (χ3n) is 2.06. The Hall–Kier alpha value is -2.15. The van der Waals surface area contributed by atoms with Gasteiger partial charge in [-0.3, -0.25) is 10.1 Å². The summed E-state index contributed by atoms with van der Waals surface area (Å²) < 4.78 is 0. The lowest BCUT2D eigenvalue weighted by atomic mass is 10.1. The highest BCUT2D eigenvalue weighted by Crippen LogP contribution is 2.25. The maximum Gasteiger partial charge on any atom is 0.261 e. The number of carbonyl (C=O) groups is 1. The highest BCUT2D eigenvalue weighted by molar-refractivity contribution is 7.15. The predicted octanol–water partition coefficient (Wildman–Crippen LogP) is 1.39. The fourth-order valence-corrected chi connectivity index (χ4v) is 1.84. The minimum Gasteiger partial charge on any atom is -0.505 e. The SMILES string of the molecule is Cc1nnc(NC(=O)c2cccc(N)c2O)s1. The molecule has 1 amide bonds. The second-order valence-corrected chi connectivity index (χ2v) is 4.51. The van der Waals surface area contributed by atoms with Gasteiger partial charge in [-0.25, -0.2) is 0 Å². The molecule has 1 aromatic carbocycles. The number of nitrogens with one attached hydrogen (secondary N) is 1. The van der Waals surface area contributed by atoms with Crippen LogP contribution in [0.25, 0.3) is 0 Å². The van der Waals surface area contributed by atoms with Crippen molar-refractivity contribution in [2.45, 2.75) is 6.92 Å². The van der Waals surface area contributed by atoms with Gasteiger partial charge < -0.3 is 10.8 Å². The number of hydrogen-bond acceptors (Lipinski definition) is 6. The molecule has 0 bridgehead atoms. The zero-order chi connectivity index (χ0) is 12.4. The van der Waals surface area contributed by atoms with Crippen molar-refractivity contribution in [2.24, 2.45) is 0 Å². The van der Waals surface area contributed by atoms with E-state index in [0.29, 0.717) is 5.13 Å². The first-order chi connectivity index (χ1) is 8.08. The van der Waals surface area contributed by atoms with Crippen molar-refractivity contribution in [1.82, 2.24) is 10.2 Å². The molecule has 0 aliphatic heterocycles. The van der Waals surface area contributed by atoms with Crippen LogP contribution in [0.5, 0.6) is 5.75 Å². The van der Waals surface area contributed by atoms with Gasteiger partial charge in [-0.05, 0) is 19.1 Å². The normalized spacial score (nSPS) is 10.2. The van der Waals surface area contributed by atoms with Crippen LogP contribution in [0.4, 0.5) is 10.8 Å². The second kappa shape index (κ2) is 4.38. The van der Waals surface area contributed by atoms with Gasteiger partial charge in [-0.1, -0.05) is 17.4 Å². The number of benzene rings is 1. The third-order valence-corrected chi connectivity index (χ3v) is 2.81. The van der Waals surface area contributed by atoms with Crippen molar-refractivity contribution in [3.05, 3.63) is 28.8 Å². The van der Waals surface area contributed by atoms with Gasteiger partial charge in [0.2, 0.25) is 5.13 Å². The minimum absolute atomic E-state index is 0.109. The standard InChI is InChI=1S/C10H10N4O2S/c1-5-13-14-10(17-5)12-9(16)6-3-2-4-7(11)8(6)15/h2-4,15H,11H2,1H3,(H,12,14,16). The summed E-state index contributed by atoms with van der Waals surface area (Å²) in [5.74, 6) is -0.697. The molecule has 1 heterocycles. The van der Waals surface area contributed by atoms with Crippen molar-refractivity contribution in [1.29, 1.82) is 0 Å². The monoisotopic (exact) mass is 250 g/mol. The largest absolute Gasteiger partial charge is 0.505 e. The number of anilines is 2. The minimum atomic E-state index is -0.467. The van der Waals surface area contributed by atoms with Crippen molar-refractivity contribution >= 4 is 28.1 Å². The predicted molar refractivity (Wildman–Crippen MR) is 65.1 cm³/mol. The van der Waals surface area contributed by atoms with Gasteiger partial charge in [0.15, 0.2) is 5.75 Å². The molecule has 2 aromatic rings. The Morgan fingerprint density at radius 2 is 2.24 bits per heavy atom. The van der Waals surface area contributed by atoms with E-state index in [4.69, 9.17) is 5.73 Å². The zero-order valence-corrected chi connectivity index (χ0v) is 9.78. The molecule has 88 valence electrons. The van der Waals surface area contributed by atoms with E-state index in [2.05, 4.69) is 15.5 Å². The number of phenols is 1.